The van der Waals surface area contributed by atoms with Crippen molar-refractivity contribution in [2.24, 2.45) is 5.41 Å². The van der Waals surface area contributed by atoms with E-state index < -0.39 is 11.4 Å². The van der Waals surface area contributed by atoms with Crippen LogP contribution in [0.15, 0.2) is 0 Å². The molecule has 8 heavy (non-hydrogen) atoms. The van der Waals surface area contributed by atoms with Crippen molar-refractivity contribution < 1.29 is 9.90 Å². The molecule has 1 N–H and O–H groups in total. The maximum atomic E-state index is 10.0. The number of rotatable bonds is 0. The van der Waals surface area contributed by atoms with E-state index in [1.54, 1.807) is 20.8 Å². The van der Waals surface area contributed by atoms with E-state index in [0.717, 1.165) is 0 Å². The summed E-state index contributed by atoms with van der Waals surface area (Å²) < 4.78 is 0. The molecular weight excluding hydrogens is 225 g/mol. The van der Waals surface area contributed by atoms with Gasteiger partial charge >= 0.3 is 74.9 Å². The van der Waals surface area contributed by atoms with Crippen molar-refractivity contribution in [1.82, 2.24) is 0 Å². The summed E-state index contributed by atoms with van der Waals surface area (Å²) in [5.74, 6) is -0.757. The van der Waals surface area contributed by atoms with Gasteiger partial charge in [0, 0.05) is 0 Å². The van der Waals surface area contributed by atoms with Gasteiger partial charge in [0.15, 0.2) is 0 Å². The summed E-state index contributed by atoms with van der Waals surface area (Å²) in [4.78, 5) is 10.0. The van der Waals surface area contributed by atoms with Crippen LogP contribution in [-0.2, 0) is 4.79 Å². The van der Waals surface area contributed by atoms with Crippen molar-refractivity contribution in [2.75, 3.05) is 0 Å². The van der Waals surface area contributed by atoms with Gasteiger partial charge in [-0.25, -0.2) is 0 Å². The van der Waals surface area contributed by atoms with Gasteiger partial charge in [-0.1, -0.05) is 0 Å². The van der Waals surface area contributed by atoms with Gasteiger partial charge in [-0.15, -0.1) is 0 Å². The topological polar surface area (TPSA) is 37.3 Å². The molecule has 0 saturated carbocycles. The van der Waals surface area contributed by atoms with Crippen LogP contribution < -0.4 is 0 Å². The van der Waals surface area contributed by atoms with Crippen molar-refractivity contribution >= 4 is 74.9 Å². The molecule has 0 bridgehead atoms. The molecule has 44 valence electrons. The predicted molar refractivity (Wildman–Crippen MR) is 34.2 cm³/mol. The molecule has 0 aromatic rings. The Hall–Kier alpha value is 1.52. The van der Waals surface area contributed by atoms with Gasteiger partial charge < -0.3 is 5.11 Å². The van der Waals surface area contributed by atoms with Gasteiger partial charge in [0.2, 0.25) is 0 Å². The first kappa shape index (κ1) is 12.2. The van der Waals surface area contributed by atoms with E-state index in [1.165, 1.54) is 0 Å². The summed E-state index contributed by atoms with van der Waals surface area (Å²) in [5.41, 5.74) is -0.583. The number of carbonyl (C=O) groups is 1. The molecule has 0 saturated heterocycles. The zero-order chi connectivity index (χ0) is 6.08. The molecule has 0 aromatic carbocycles. The summed E-state index contributed by atoms with van der Waals surface area (Å²) in [6, 6.07) is 0. The Labute approximate surface area is 108 Å². The summed E-state index contributed by atoms with van der Waals surface area (Å²) >= 11 is 0. The fourth-order valence-corrected chi connectivity index (χ4v) is 0. The van der Waals surface area contributed by atoms with E-state index in [9.17, 15) is 4.79 Å². The molecule has 0 spiro atoms. The summed E-state index contributed by atoms with van der Waals surface area (Å²) in [6.07, 6.45) is 0. The fourth-order valence-electron chi connectivity index (χ4n) is 0. The molecule has 3 heteroatoms. The standard InChI is InChI=1S/C5H10O2.Cs.H/c1-5(2,3)4(6)7;;/h1-3H3,(H,6,7);;. The molecule has 0 aliphatic rings. The minimum atomic E-state index is -0.757. The van der Waals surface area contributed by atoms with Gasteiger partial charge in [-0.05, 0) is 20.8 Å². The van der Waals surface area contributed by atoms with Crippen LogP contribution in [0.25, 0.3) is 0 Å². The molecule has 0 radical (unpaired) electrons. The zero-order valence-corrected chi connectivity index (χ0v) is 4.86. The number of aliphatic carboxylic acids is 1. The second-order valence-corrected chi connectivity index (χ2v) is 2.56. The second kappa shape index (κ2) is 4.36. The Morgan fingerprint density at radius 2 is 1.50 bits per heavy atom. The van der Waals surface area contributed by atoms with Crippen LogP contribution in [0.2, 0.25) is 0 Å². The number of carboxylic acids is 1. The van der Waals surface area contributed by atoms with Gasteiger partial charge in [0.1, 0.15) is 0 Å². The third kappa shape index (κ3) is 5.65. The van der Waals surface area contributed by atoms with E-state index in [1.807, 2.05) is 0 Å². The van der Waals surface area contributed by atoms with Gasteiger partial charge in [0.05, 0.1) is 5.41 Å². The normalized spacial score (nSPS) is 9.88. The Balaban J connectivity index is 0. The summed E-state index contributed by atoms with van der Waals surface area (Å²) in [7, 11) is 0. The van der Waals surface area contributed by atoms with Crippen LogP contribution in [0.4, 0.5) is 0 Å². The first-order valence-electron chi connectivity index (χ1n) is 2.18. The SMILES string of the molecule is CC(C)(C)C(=O)O.[CsH]. The number of hydrogen-bond acceptors (Lipinski definition) is 1. The number of hydrogen-bond donors (Lipinski definition) is 1. The van der Waals surface area contributed by atoms with E-state index in [-0.39, 0.29) is 68.9 Å². The van der Waals surface area contributed by atoms with Crippen LogP contribution in [0.5, 0.6) is 0 Å². The Bertz CT molecular complexity index is 82.9. The van der Waals surface area contributed by atoms with Crippen LogP contribution >= 0.6 is 0 Å². The molecule has 0 aromatic heterocycles. The molecule has 0 atom stereocenters. The average molecular weight is 236 g/mol. The fraction of sp³-hybridized carbons (Fsp3) is 0.800. The third-order valence-electron chi connectivity index (χ3n) is 0.642. The van der Waals surface area contributed by atoms with E-state index in [0.29, 0.717) is 0 Å². The molecule has 2 nitrogen and oxygen atoms in total. The van der Waals surface area contributed by atoms with Crippen LogP contribution in [-0.4, -0.2) is 80.0 Å². The van der Waals surface area contributed by atoms with E-state index in [4.69, 9.17) is 5.11 Å². The maximum absolute atomic E-state index is 10.0. The molecule has 0 aliphatic carbocycles. The summed E-state index contributed by atoms with van der Waals surface area (Å²) in [6.45, 7) is 4.99. The minimum absolute atomic E-state index is 0. The predicted octanol–water partition coefficient (Wildman–Crippen LogP) is 0.469. The molecule has 0 fully saturated rings. The molecule has 0 heterocycles. The third-order valence-corrected chi connectivity index (χ3v) is 0.642. The van der Waals surface area contributed by atoms with Crippen LogP contribution in [0, 0.1) is 5.41 Å². The van der Waals surface area contributed by atoms with E-state index >= 15 is 0 Å². The van der Waals surface area contributed by atoms with Gasteiger partial charge in [-0.2, -0.15) is 0 Å². The van der Waals surface area contributed by atoms with Crippen molar-refractivity contribution in [2.45, 2.75) is 20.8 Å². The van der Waals surface area contributed by atoms with Crippen LogP contribution in [0.3, 0.4) is 0 Å². The Morgan fingerprint density at radius 3 is 1.50 bits per heavy atom. The van der Waals surface area contributed by atoms with Crippen molar-refractivity contribution in [3.63, 3.8) is 0 Å². The van der Waals surface area contributed by atoms with Gasteiger partial charge in [-0.3, -0.25) is 4.79 Å². The van der Waals surface area contributed by atoms with Crippen molar-refractivity contribution in [3.05, 3.63) is 0 Å². The first-order chi connectivity index (χ1) is 2.94. The molecule has 0 aliphatic heterocycles. The average Bonchev–Trinajstić information content (AvgIpc) is 1.31. The first-order valence-corrected chi connectivity index (χ1v) is 2.18. The Morgan fingerprint density at radius 1 is 1.38 bits per heavy atom. The molecule has 0 amide bonds. The molecule has 0 unspecified atom stereocenters. The van der Waals surface area contributed by atoms with Crippen LogP contribution in [0.1, 0.15) is 20.8 Å². The van der Waals surface area contributed by atoms with Crippen molar-refractivity contribution in [1.29, 1.82) is 0 Å². The molecular formula is C5H11CsO2. The number of carboxylic acid groups (broad SMARTS) is 1. The zero-order valence-electron chi connectivity index (χ0n) is 4.86. The quantitative estimate of drug-likeness (QED) is 0.663. The Kier molecular flexibility index (Phi) is 6.65. The monoisotopic (exact) mass is 236 g/mol. The van der Waals surface area contributed by atoms with Gasteiger partial charge in [0.25, 0.3) is 0 Å². The molecule has 0 rings (SSSR count). The second-order valence-electron chi connectivity index (χ2n) is 2.56. The summed E-state index contributed by atoms with van der Waals surface area (Å²) in [5, 5.41) is 8.25. The van der Waals surface area contributed by atoms with E-state index in [2.05, 4.69) is 0 Å². The van der Waals surface area contributed by atoms with Crippen molar-refractivity contribution in [3.8, 4) is 0 Å².